The van der Waals surface area contributed by atoms with Gasteiger partial charge in [-0.2, -0.15) is 0 Å². The first-order valence-electron chi connectivity index (χ1n) is 6.64. The van der Waals surface area contributed by atoms with E-state index in [9.17, 15) is 4.79 Å². The molecule has 5 nitrogen and oxygen atoms in total. The number of rotatable bonds is 4. The lowest BCUT2D eigenvalue weighted by atomic mass is 10.2. The van der Waals surface area contributed by atoms with Crippen molar-refractivity contribution in [2.75, 3.05) is 12.3 Å². The number of nitrogen functional groups attached to an aromatic ring is 1. The minimum absolute atomic E-state index is 0.146. The molecule has 0 spiro atoms. The Morgan fingerprint density at radius 2 is 2.19 bits per heavy atom. The predicted molar refractivity (Wildman–Crippen MR) is 85.7 cm³/mol. The second-order valence-electron chi connectivity index (χ2n) is 4.68. The number of anilines is 1. The van der Waals surface area contributed by atoms with Gasteiger partial charge in [0.1, 0.15) is 5.82 Å². The number of nitrogens with two attached hydrogens (primary N) is 1. The summed E-state index contributed by atoms with van der Waals surface area (Å²) in [6, 6.07) is 7.46. The van der Waals surface area contributed by atoms with Crippen LogP contribution >= 0.6 is 15.9 Å². The van der Waals surface area contributed by atoms with Crippen LogP contribution in [0.25, 0.3) is 0 Å². The third kappa shape index (κ3) is 3.78. The Labute approximate surface area is 132 Å². The number of hydrogen-bond acceptors (Lipinski definition) is 4. The smallest absolute Gasteiger partial charge is 0.257 e. The van der Waals surface area contributed by atoms with Crippen LogP contribution in [0.5, 0.6) is 0 Å². The molecule has 0 unspecified atom stereocenters. The maximum atomic E-state index is 12.6. The predicted octanol–water partition coefficient (Wildman–Crippen LogP) is 2.79. The van der Waals surface area contributed by atoms with Crippen LogP contribution in [0.4, 0.5) is 5.82 Å². The molecule has 0 fully saturated rings. The number of carbonyl (C=O) groups excluding carboxylic acids is 1. The second kappa shape index (κ2) is 6.67. The third-order valence-corrected chi connectivity index (χ3v) is 3.52. The molecule has 0 aliphatic rings. The Morgan fingerprint density at radius 1 is 1.43 bits per heavy atom. The maximum Gasteiger partial charge on any atom is 0.257 e. The number of pyridine rings is 2. The third-order valence-electron chi connectivity index (χ3n) is 3.08. The lowest BCUT2D eigenvalue weighted by Gasteiger charge is -2.21. The van der Waals surface area contributed by atoms with E-state index in [4.69, 9.17) is 5.73 Å². The molecule has 0 aromatic carbocycles. The first-order valence-corrected chi connectivity index (χ1v) is 7.43. The summed E-state index contributed by atoms with van der Waals surface area (Å²) in [6.07, 6.45) is 1.57. The van der Waals surface area contributed by atoms with Crippen LogP contribution in [-0.4, -0.2) is 27.3 Å². The fraction of sp³-hybridized carbons (Fsp3) is 0.267. The molecule has 110 valence electrons. The first-order chi connectivity index (χ1) is 10.0. The average Bonchev–Trinajstić information content (AvgIpc) is 2.46. The zero-order valence-corrected chi connectivity index (χ0v) is 13.6. The minimum atomic E-state index is -0.146. The molecule has 2 aromatic rings. The van der Waals surface area contributed by atoms with Crippen molar-refractivity contribution in [1.29, 1.82) is 0 Å². The average molecular weight is 349 g/mol. The molecule has 0 radical (unpaired) electrons. The zero-order chi connectivity index (χ0) is 15.4. The molecular formula is C15H17BrN4O. The summed E-state index contributed by atoms with van der Waals surface area (Å²) in [6.45, 7) is 4.87. The van der Waals surface area contributed by atoms with Gasteiger partial charge in [-0.15, -0.1) is 0 Å². The summed E-state index contributed by atoms with van der Waals surface area (Å²) in [7, 11) is 0. The summed E-state index contributed by atoms with van der Waals surface area (Å²) in [4.78, 5) is 22.7. The molecule has 2 rings (SSSR count). The Morgan fingerprint density at radius 3 is 2.86 bits per heavy atom. The topological polar surface area (TPSA) is 72.1 Å². The van der Waals surface area contributed by atoms with Crippen LogP contribution in [-0.2, 0) is 6.54 Å². The number of hydrogen-bond donors (Lipinski definition) is 1. The van der Waals surface area contributed by atoms with Crippen molar-refractivity contribution in [2.24, 2.45) is 0 Å². The van der Waals surface area contributed by atoms with E-state index in [0.29, 0.717) is 18.7 Å². The van der Waals surface area contributed by atoms with Crippen LogP contribution in [0.1, 0.15) is 28.7 Å². The Balaban J connectivity index is 2.24. The normalized spacial score (nSPS) is 10.4. The molecule has 6 heteroatoms. The van der Waals surface area contributed by atoms with E-state index in [1.807, 2.05) is 32.0 Å². The molecule has 0 saturated carbocycles. The van der Waals surface area contributed by atoms with Crippen molar-refractivity contribution >= 4 is 27.7 Å². The van der Waals surface area contributed by atoms with Crippen molar-refractivity contribution in [3.8, 4) is 0 Å². The highest BCUT2D eigenvalue weighted by Crippen LogP contribution is 2.18. The molecule has 21 heavy (non-hydrogen) atoms. The number of nitrogens with zero attached hydrogens (tertiary/aromatic N) is 3. The van der Waals surface area contributed by atoms with Crippen LogP contribution in [0.3, 0.4) is 0 Å². The molecule has 0 aliphatic heterocycles. The van der Waals surface area contributed by atoms with Gasteiger partial charge in [0.25, 0.3) is 5.91 Å². The van der Waals surface area contributed by atoms with Gasteiger partial charge >= 0.3 is 0 Å². The summed E-state index contributed by atoms with van der Waals surface area (Å²) in [5.41, 5.74) is 7.99. The van der Waals surface area contributed by atoms with E-state index in [-0.39, 0.29) is 11.7 Å². The molecule has 2 heterocycles. The van der Waals surface area contributed by atoms with Crippen molar-refractivity contribution in [3.63, 3.8) is 0 Å². The van der Waals surface area contributed by atoms with Gasteiger partial charge in [-0.25, -0.2) is 4.98 Å². The van der Waals surface area contributed by atoms with Crippen molar-refractivity contribution in [1.82, 2.24) is 14.9 Å². The van der Waals surface area contributed by atoms with Crippen LogP contribution < -0.4 is 5.73 Å². The van der Waals surface area contributed by atoms with Crippen LogP contribution in [0.2, 0.25) is 0 Å². The van der Waals surface area contributed by atoms with Gasteiger partial charge in [0.05, 0.1) is 17.8 Å². The van der Waals surface area contributed by atoms with Crippen molar-refractivity contribution in [3.05, 3.63) is 51.9 Å². The molecular weight excluding hydrogens is 332 g/mol. The number of halogens is 1. The van der Waals surface area contributed by atoms with E-state index >= 15 is 0 Å². The molecule has 2 aromatic heterocycles. The van der Waals surface area contributed by atoms with Crippen LogP contribution in [0, 0.1) is 6.92 Å². The summed E-state index contributed by atoms with van der Waals surface area (Å²) >= 11 is 3.31. The molecule has 0 atom stereocenters. The summed E-state index contributed by atoms with van der Waals surface area (Å²) in [5, 5.41) is 0. The number of carbonyl (C=O) groups is 1. The van der Waals surface area contributed by atoms with Gasteiger partial charge < -0.3 is 10.6 Å². The van der Waals surface area contributed by atoms with Gasteiger partial charge in [0.15, 0.2) is 0 Å². The second-order valence-corrected chi connectivity index (χ2v) is 5.59. The van der Waals surface area contributed by atoms with E-state index < -0.39 is 0 Å². The maximum absolute atomic E-state index is 12.6. The largest absolute Gasteiger partial charge is 0.383 e. The molecule has 0 aliphatic carbocycles. The van der Waals surface area contributed by atoms with Gasteiger partial charge in [0.2, 0.25) is 0 Å². The number of aromatic nitrogens is 2. The minimum Gasteiger partial charge on any atom is -0.383 e. The summed E-state index contributed by atoms with van der Waals surface area (Å²) in [5.74, 6) is 0.0888. The number of amides is 1. The summed E-state index contributed by atoms with van der Waals surface area (Å²) < 4.78 is 0.727. The fourth-order valence-electron chi connectivity index (χ4n) is 2.00. The Hall–Kier alpha value is -1.95. The SMILES string of the molecule is CCN(Cc1cccc(C)n1)C(=O)c1cc(Br)cnc1N. The van der Waals surface area contributed by atoms with Gasteiger partial charge in [-0.3, -0.25) is 9.78 Å². The highest BCUT2D eigenvalue weighted by Gasteiger charge is 2.18. The Kier molecular flexibility index (Phi) is 4.90. The molecule has 1 amide bonds. The van der Waals surface area contributed by atoms with E-state index in [1.54, 1.807) is 17.2 Å². The lowest BCUT2D eigenvalue weighted by molar-refractivity contribution is 0.0751. The Bertz CT molecular complexity index is 660. The van der Waals surface area contributed by atoms with Gasteiger partial charge in [0, 0.05) is 22.9 Å². The van der Waals surface area contributed by atoms with Crippen molar-refractivity contribution in [2.45, 2.75) is 20.4 Å². The monoisotopic (exact) mass is 348 g/mol. The molecule has 0 bridgehead atoms. The zero-order valence-electron chi connectivity index (χ0n) is 12.0. The highest BCUT2D eigenvalue weighted by atomic mass is 79.9. The van der Waals surface area contributed by atoms with Gasteiger partial charge in [-0.05, 0) is 48.0 Å². The van der Waals surface area contributed by atoms with E-state index in [0.717, 1.165) is 15.9 Å². The van der Waals surface area contributed by atoms with E-state index in [2.05, 4.69) is 25.9 Å². The van der Waals surface area contributed by atoms with Crippen molar-refractivity contribution < 1.29 is 4.79 Å². The first kappa shape index (κ1) is 15.4. The number of aryl methyl sites for hydroxylation is 1. The molecule has 2 N–H and O–H groups in total. The standard InChI is InChI=1S/C15H17BrN4O/c1-3-20(9-12-6-4-5-10(2)19-12)15(21)13-7-11(16)8-18-14(13)17/h4-8H,3,9H2,1-2H3,(H2,17,18). The van der Waals surface area contributed by atoms with Gasteiger partial charge in [-0.1, -0.05) is 6.07 Å². The van der Waals surface area contributed by atoms with E-state index in [1.165, 1.54) is 0 Å². The van der Waals surface area contributed by atoms with Crippen LogP contribution in [0.15, 0.2) is 34.9 Å². The fourth-order valence-corrected chi connectivity index (χ4v) is 2.33. The highest BCUT2D eigenvalue weighted by molar-refractivity contribution is 9.10. The quantitative estimate of drug-likeness (QED) is 0.921. The molecule has 0 saturated heterocycles. The lowest BCUT2D eigenvalue weighted by Crippen LogP contribution is -2.31.